The zero-order chi connectivity index (χ0) is 24.2. The number of halogens is 2. The minimum absolute atomic E-state index is 0.0391. The van der Waals surface area contributed by atoms with E-state index in [9.17, 15) is 17.6 Å². The molecule has 1 heterocycles. The van der Waals surface area contributed by atoms with Crippen LogP contribution in [0.1, 0.15) is 36.9 Å². The quantitative estimate of drug-likeness (QED) is 0.596. The molecule has 1 amide bonds. The van der Waals surface area contributed by atoms with Crippen LogP contribution < -0.4 is 14.8 Å². The van der Waals surface area contributed by atoms with Crippen molar-refractivity contribution >= 4 is 27.5 Å². The lowest BCUT2D eigenvalue weighted by Gasteiger charge is -2.31. The van der Waals surface area contributed by atoms with E-state index in [1.807, 2.05) is 19.1 Å². The number of piperidine rings is 1. The summed E-state index contributed by atoms with van der Waals surface area (Å²) in [6, 6.07) is 9.27. The summed E-state index contributed by atoms with van der Waals surface area (Å²) in [5, 5.41) is 3.07. The maximum atomic E-state index is 14.0. The van der Waals surface area contributed by atoms with Gasteiger partial charge in [0.25, 0.3) is 0 Å². The number of carbonyl (C=O) groups excluding carboxylic acids is 1. The van der Waals surface area contributed by atoms with E-state index in [0.717, 1.165) is 5.56 Å². The van der Waals surface area contributed by atoms with E-state index in [2.05, 4.69) is 5.32 Å². The second-order valence-corrected chi connectivity index (χ2v) is 10.4. The Hall–Kier alpha value is -2.36. The van der Waals surface area contributed by atoms with Gasteiger partial charge in [-0.3, -0.25) is 4.79 Å². The molecular weight excluding hydrogens is 471 g/mol. The number of amides is 1. The van der Waals surface area contributed by atoms with E-state index in [1.165, 1.54) is 22.5 Å². The Balaban J connectivity index is 1.58. The third kappa shape index (κ3) is 5.96. The van der Waals surface area contributed by atoms with E-state index >= 15 is 0 Å². The lowest BCUT2D eigenvalue weighted by molar-refractivity contribution is -0.126. The number of carbonyl (C=O) groups is 1. The molecule has 0 saturated carbocycles. The van der Waals surface area contributed by atoms with Crippen LogP contribution in [0.4, 0.5) is 4.39 Å². The van der Waals surface area contributed by atoms with Crippen LogP contribution in [0.5, 0.6) is 11.5 Å². The highest BCUT2D eigenvalue weighted by atomic mass is 35.5. The van der Waals surface area contributed by atoms with Gasteiger partial charge >= 0.3 is 0 Å². The van der Waals surface area contributed by atoms with Crippen molar-refractivity contribution in [2.24, 2.45) is 5.92 Å². The average Bonchev–Trinajstić information content (AvgIpc) is 2.81. The molecule has 1 aliphatic rings. The Morgan fingerprint density at radius 1 is 1.18 bits per heavy atom. The molecule has 2 aromatic carbocycles. The van der Waals surface area contributed by atoms with Crippen LogP contribution in [-0.2, 0) is 20.6 Å². The van der Waals surface area contributed by atoms with Gasteiger partial charge < -0.3 is 14.8 Å². The molecule has 1 saturated heterocycles. The Kier molecular flexibility index (Phi) is 8.20. The van der Waals surface area contributed by atoms with Crippen LogP contribution in [0, 0.1) is 11.7 Å². The fourth-order valence-electron chi connectivity index (χ4n) is 3.88. The molecule has 0 spiro atoms. The molecule has 0 aromatic heterocycles. The van der Waals surface area contributed by atoms with Gasteiger partial charge in [0, 0.05) is 29.6 Å². The fraction of sp³-hybridized carbons (Fsp3) is 0.435. The molecule has 10 heteroatoms. The highest BCUT2D eigenvalue weighted by Crippen LogP contribution is 2.31. The van der Waals surface area contributed by atoms with Crippen molar-refractivity contribution in [2.75, 3.05) is 27.3 Å². The van der Waals surface area contributed by atoms with Crippen LogP contribution in [0.2, 0.25) is 5.02 Å². The van der Waals surface area contributed by atoms with Gasteiger partial charge in [0.15, 0.2) is 11.5 Å². The Morgan fingerprint density at radius 3 is 2.45 bits per heavy atom. The second-order valence-electron chi connectivity index (χ2n) is 7.97. The van der Waals surface area contributed by atoms with Gasteiger partial charge in [-0.05, 0) is 49.6 Å². The summed E-state index contributed by atoms with van der Waals surface area (Å²) in [5.41, 5.74) is 0.825. The Morgan fingerprint density at radius 2 is 1.85 bits per heavy atom. The van der Waals surface area contributed by atoms with E-state index in [0.29, 0.717) is 24.3 Å². The number of nitrogens with zero attached hydrogens (tertiary/aromatic N) is 1. The van der Waals surface area contributed by atoms with Crippen molar-refractivity contribution in [3.05, 3.63) is 58.4 Å². The van der Waals surface area contributed by atoms with E-state index < -0.39 is 21.6 Å². The summed E-state index contributed by atoms with van der Waals surface area (Å²) in [5.74, 6) is -0.423. The first kappa shape index (κ1) is 25.3. The van der Waals surface area contributed by atoms with Gasteiger partial charge in [0.1, 0.15) is 5.82 Å². The number of methoxy groups -OCH3 is 2. The summed E-state index contributed by atoms with van der Waals surface area (Å²) < 4.78 is 51.5. The molecule has 1 aliphatic heterocycles. The molecule has 0 bridgehead atoms. The van der Waals surface area contributed by atoms with Crippen molar-refractivity contribution in [3.8, 4) is 11.5 Å². The minimum Gasteiger partial charge on any atom is -0.493 e. The number of hydrogen-bond acceptors (Lipinski definition) is 5. The van der Waals surface area contributed by atoms with Gasteiger partial charge in [0.2, 0.25) is 15.9 Å². The molecule has 0 unspecified atom stereocenters. The summed E-state index contributed by atoms with van der Waals surface area (Å²) in [6.45, 7) is 2.26. The predicted octanol–water partition coefficient (Wildman–Crippen LogP) is 3.92. The maximum absolute atomic E-state index is 14.0. The number of rotatable bonds is 8. The third-order valence-electron chi connectivity index (χ3n) is 5.87. The second kappa shape index (κ2) is 10.7. The van der Waals surface area contributed by atoms with Gasteiger partial charge in [-0.25, -0.2) is 17.1 Å². The van der Waals surface area contributed by atoms with Crippen molar-refractivity contribution in [2.45, 2.75) is 31.6 Å². The third-order valence-corrected chi connectivity index (χ3v) is 8.03. The molecule has 2 aromatic rings. The molecule has 1 atom stereocenters. The fourth-order valence-corrected chi connectivity index (χ4v) is 5.79. The molecule has 33 heavy (non-hydrogen) atoms. The molecular formula is C23H28ClFN2O5S. The summed E-state index contributed by atoms with van der Waals surface area (Å²) in [6.07, 6.45) is 0.767. The first-order valence-electron chi connectivity index (χ1n) is 10.6. The zero-order valence-corrected chi connectivity index (χ0v) is 20.4. The molecule has 0 radical (unpaired) electrons. The smallest absolute Gasteiger partial charge is 0.223 e. The molecule has 0 aliphatic carbocycles. The zero-order valence-electron chi connectivity index (χ0n) is 18.8. The topological polar surface area (TPSA) is 84.9 Å². The lowest BCUT2D eigenvalue weighted by Crippen LogP contribution is -2.43. The van der Waals surface area contributed by atoms with Crippen molar-refractivity contribution in [3.63, 3.8) is 0 Å². The molecule has 1 N–H and O–H groups in total. The number of ether oxygens (including phenoxy) is 2. The van der Waals surface area contributed by atoms with Crippen LogP contribution in [0.15, 0.2) is 36.4 Å². The van der Waals surface area contributed by atoms with Crippen LogP contribution in [0.3, 0.4) is 0 Å². The SMILES string of the molecule is COc1ccc([C@H](C)NC(=O)C2CCN(S(=O)(=O)Cc3c(F)cccc3Cl)CC2)cc1OC. The van der Waals surface area contributed by atoms with Gasteiger partial charge in [-0.2, -0.15) is 0 Å². The Bertz CT molecular complexity index is 1080. The van der Waals surface area contributed by atoms with E-state index in [4.69, 9.17) is 21.1 Å². The summed E-state index contributed by atoms with van der Waals surface area (Å²) in [7, 11) is -0.655. The van der Waals surface area contributed by atoms with Crippen molar-refractivity contribution in [1.29, 1.82) is 0 Å². The van der Waals surface area contributed by atoms with Gasteiger partial charge in [0.05, 0.1) is 26.0 Å². The van der Waals surface area contributed by atoms with Crippen molar-refractivity contribution in [1.82, 2.24) is 9.62 Å². The van der Waals surface area contributed by atoms with Gasteiger partial charge in [-0.15, -0.1) is 0 Å². The van der Waals surface area contributed by atoms with Gasteiger partial charge in [-0.1, -0.05) is 23.7 Å². The van der Waals surface area contributed by atoms with Crippen LogP contribution in [0.25, 0.3) is 0 Å². The number of sulfonamides is 1. The molecule has 1 fully saturated rings. The van der Waals surface area contributed by atoms with Crippen LogP contribution in [-0.4, -0.2) is 45.9 Å². The molecule has 7 nitrogen and oxygen atoms in total. The average molecular weight is 499 g/mol. The molecule has 180 valence electrons. The lowest BCUT2D eigenvalue weighted by atomic mass is 9.96. The first-order chi connectivity index (χ1) is 15.7. The highest BCUT2D eigenvalue weighted by molar-refractivity contribution is 7.88. The summed E-state index contributed by atoms with van der Waals surface area (Å²) >= 11 is 5.98. The number of nitrogens with one attached hydrogen (secondary N) is 1. The summed E-state index contributed by atoms with van der Waals surface area (Å²) in [4.78, 5) is 12.8. The minimum atomic E-state index is -3.76. The number of hydrogen-bond donors (Lipinski definition) is 1. The number of benzene rings is 2. The molecule has 3 rings (SSSR count). The van der Waals surface area contributed by atoms with E-state index in [1.54, 1.807) is 20.3 Å². The standard InChI is InChI=1S/C23H28ClFN2O5S/c1-15(17-7-8-21(31-2)22(13-17)32-3)26-23(28)16-9-11-27(12-10-16)33(29,30)14-18-19(24)5-4-6-20(18)25/h4-8,13,15-16H,9-12,14H2,1-3H3,(H,26,28)/t15-/m0/s1. The maximum Gasteiger partial charge on any atom is 0.223 e. The monoisotopic (exact) mass is 498 g/mol. The highest BCUT2D eigenvalue weighted by Gasteiger charge is 2.32. The van der Waals surface area contributed by atoms with E-state index in [-0.39, 0.29) is 41.5 Å². The Labute approximate surface area is 198 Å². The van der Waals surface area contributed by atoms with Crippen molar-refractivity contribution < 1.29 is 27.1 Å². The first-order valence-corrected chi connectivity index (χ1v) is 12.6. The normalized spacial score (nSPS) is 16.3. The predicted molar refractivity (Wildman–Crippen MR) is 124 cm³/mol. The largest absolute Gasteiger partial charge is 0.493 e. The van der Waals surface area contributed by atoms with Crippen LogP contribution >= 0.6 is 11.6 Å².